The van der Waals surface area contributed by atoms with E-state index in [1.807, 2.05) is 0 Å². The van der Waals surface area contributed by atoms with Gasteiger partial charge < -0.3 is 96.7 Å². The molecule has 22 N–H and O–H groups in total. The third-order valence-electron chi connectivity index (χ3n) is 13.1. The van der Waals surface area contributed by atoms with Crippen LogP contribution in [0.5, 0.6) is 0 Å². The summed E-state index contributed by atoms with van der Waals surface area (Å²) >= 11 is 0. The number of aliphatic hydroxyl groups is 3. The Balaban J connectivity index is 3.80. The van der Waals surface area contributed by atoms with Gasteiger partial charge in [-0.25, -0.2) is 0 Å². The van der Waals surface area contributed by atoms with Gasteiger partial charge in [0, 0.05) is 13.0 Å². The zero-order chi connectivity index (χ0) is 61.4. The van der Waals surface area contributed by atoms with Crippen LogP contribution in [-0.4, -0.2) is 192 Å². The van der Waals surface area contributed by atoms with E-state index >= 15 is 0 Å². The lowest BCUT2D eigenvalue weighted by Gasteiger charge is -2.29. The summed E-state index contributed by atoms with van der Waals surface area (Å²) in [6, 6.07) is -15.0. The maximum absolute atomic E-state index is 14.2. The molecule has 29 nitrogen and oxygen atoms in total. The Hall–Kier alpha value is -6.11. The predicted molar refractivity (Wildman–Crippen MR) is 299 cm³/mol. The smallest absolute Gasteiger partial charge is 0.245 e. The summed E-state index contributed by atoms with van der Waals surface area (Å²) in [5.74, 6) is -10.5. The fraction of sp³-hybridized carbons (Fsp3) is 0.788. The highest BCUT2D eigenvalue weighted by atomic mass is 16.3. The largest absolute Gasteiger partial charge is 0.394 e. The number of rotatable bonds is 29. The maximum Gasteiger partial charge on any atom is 0.245 e. The average Bonchev–Trinajstić information content (AvgIpc) is 3.39. The van der Waals surface area contributed by atoms with Gasteiger partial charge in [0.05, 0.1) is 18.8 Å². The van der Waals surface area contributed by atoms with Crippen molar-refractivity contribution in [3.8, 4) is 0 Å². The van der Waals surface area contributed by atoms with Gasteiger partial charge in [-0.05, 0) is 110 Å². The summed E-state index contributed by atoms with van der Waals surface area (Å²) in [5.41, 5.74) is 23.2. The Labute approximate surface area is 475 Å². The molecule has 1 aliphatic heterocycles. The molecule has 0 unspecified atom stereocenters. The summed E-state index contributed by atoms with van der Waals surface area (Å²) in [5, 5.41) is 59.5. The van der Waals surface area contributed by atoms with E-state index in [-0.39, 0.29) is 89.4 Å². The first kappa shape index (κ1) is 72.9. The molecule has 0 saturated carbocycles. The summed E-state index contributed by atoms with van der Waals surface area (Å²) in [6.45, 7) is 9.67. The quantitative estimate of drug-likeness (QED) is 0.0311. The second-order valence-corrected chi connectivity index (χ2v) is 21.4. The van der Waals surface area contributed by atoms with Crippen LogP contribution in [-0.2, 0) is 52.7 Å². The first-order valence-corrected chi connectivity index (χ1v) is 28.4. The average molecular weight is 1160 g/mol. The Bertz CT molecular complexity index is 2030. The van der Waals surface area contributed by atoms with Crippen molar-refractivity contribution in [3.63, 3.8) is 0 Å². The highest BCUT2D eigenvalue weighted by molar-refractivity contribution is 5.99. The number of nitrogens with two attached hydrogens (primary N) is 4. The van der Waals surface area contributed by atoms with Crippen molar-refractivity contribution in [2.75, 3.05) is 39.3 Å². The molecule has 12 atom stereocenters. The summed E-state index contributed by atoms with van der Waals surface area (Å²) in [6.07, 6.45) is 0.670. The topological polar surface area (TPSA) is 485 Å². The van der Waals surface area contributed by atoms with Crippen LogP contribution in [0.15, 0.2) is 0 Å². The van der Waals surface area contributed by atoms with Gasteiger partial charge >= 0.3 is 0 Å². The Morgan fingerprint density at radius 1 is 0.543 bits per heavy atom. The maximum atomic E-state index is 14.2. The van der Waals surface area contributed by atoms with Crippen LogP contribution >= 0.6 is 0 Å². The van der Waals surface area contributed by atoms with Crippen LogP contribution in [0, 0.1) is 11.8 Å². The Morgan fingerprint density at radius 2 is 1.04 bits per heavy atom. The highest BCUT2D eigenvalue weighted by Gasteiger charge is 2.37. The lowest BCUT2D eigenvalue weighted by Crippen LogP contribution is -2.62. The zero-order valence-electron chi connectivity index (χ0n) is 48.4. The number of unbranched alkanes of at least 4 members (excludes halogenated alkanes) is 4. The van der Waals surface area contributed by atoms with Gasteiger partial charge in [0.25, 0.3) is 0 Å². The molecule has 81 heavy (non-hydrogen) atoms. The number of hydrogen-bond donors (Lipinski definition) is 18. The number of carbonyl (C=O) groups is 11. The van der Waals surface area contributed by atoms with E-state index in [9.17, 15) is 68.1 Å². The molecule has 0 spiro atoms. The van der Waals surface area contributed by atoms with Crippen molar-refractivity contribution in [1.29, 1.82) is 0 Å². The molecule has 0 aliphatic carbocycles. The number of aliphatic hydroxyl groups excluding tert-OH is 3. The third-order valence-corrected chi connectivity index (χ3v) is 13.1. The van der Waals surface area contributed by atoms with Gasteiger partial charge in [-0.2, -0.15) is 0 Å². The molecular formula is C52H97N15O14. The standard InChI is InChI=1S/C52H97N15O14/c1-8-9-10-11-12-15-40(71)58-33(16-21-54)46(75)67-42(31(7)70)52(81)62-34(17-22-55)44(73)61-36-19-24-57-51(80)41(30(6)69)66-47(76)35(18-23-56)60-43(72)32(14-13-20-53)59-48(77)37(25-28(2)3)63-49(78)38(26-29(4)5)64-50(79)39(27-68)65-45(36)74/h28-39,41-42,68-70H,8-27,53-56H2,1-7H3,(H,57,80)(H,58,71)(H,59,77)(H,60,72)(H,61,73)(H,62,81)(H,63,78)(H,64,79)(H,65,74)(H,66,76)(H,67,75)/t30-,31-,32+,33+,34+,35+,36+,37+,38-,39+,41+,42+/m1/s1. The number of hydrogen-bond acceptors (Lipinski definition) is 18. The van der Waals surface area contributed by atoms with Gasteiger partial charge in [-0.1, -0.05) is 60.3 Å². The number of nitrogens with one attached hydrogen (secondary N) is 11. The molecule has 0 radical (unpaired) electrons. The van der Waals surface area contributed by atoms with Crippen LogP contribution in [0.2, 0.25) is 0 Å². The predicted octanol–water partition coefficient (Wildman–Crippen LogP) is -5.65. The molecule has 464 valence electrons. The molecule has 0 aromatic carbocycles. The summed E-state index contributed by atoms with van der Waals surface area (Å²) in [7, 11) is 0. The molecule has 1 aliphatic rings. The molecule has 0 aromatic heterocycles. The fourth-order valence-electron chi connectivity index (χ4n) is 8.58. The fourth-order valence-corrected chi connectivity index (χ4v) is 8.58. The van der Waals surface area contributed by atoms with Crippen molar-refractivity contribution in [2.45, 2.75) is 211 Å². The van der Waals surface area contributed by atoms with Crippen molar-refractivity contribution >= 4 is 65.0 Å². The van der Waals surface area contributed by atoms with Crippen LogP contribution in [0.3, 0.4) is 0 Å². The molecule has 11 amide bonds. The minimum absolute atomic E-state index is 0.00201. The monoisotopic (exact) mass is 1160 g/mol. The molecule has 0 bridgehead atoms. The summed E-state index contributed by atoms with van der Waals surface area (Å²) in [4.78, 5) is 152. The van der Waals surface area contributed by atoms with Gasteiger partial charge in [-0.3, -0.25) is 52.7 Å². The van der Waals surface area contributed by atoms with Crippen molar-refractivity contribution in [2.24, 2.45) is 34.8 Å². The Morgan fingerprint density at radius 3 is 1.53 bits per heavy atom. The second-order valence-electron chi connectivity index (χ2n) is 21.4. The molecule has 29 heteroatoms. The Kier molecular flexibility index (Phi) is 35.4. The molecule has 0 aromatic rings. The van der Waals surface area contributed by atoms with Gasteiger partial charge in [-0.15, -0.1) is 0 Å². The van der Waals surface area contributed by atoms with E-state index in [2.05, 4.69) is 65.4 Å². The molecule has 1 saturated heterocycles. The minimum Gasteiger partial charge on any atom is -0.394 e. The van der Waals surface area contributed by atoms with Gasteiger partial charge in [0.15, 0.2) is 0 Å². The van der Waals surface area contributed by atoms with E-state index in [0.29, 0.717) is 6.42 Å². The zero-order valence-corrected chi connectivity index (χ0v) is 48.4. The van der Waals surface area contributed by atoms with E-state index in [0.717, 1.165) is 25.7 Å². The third kappa shape index (κ3) is 27.5. The first-order chi connectivity index (χ1) is 38.3. The van der Waals surface area contributed by atoms with Gasteiger partial charge in [0.1, 0.15) is 60.4 Å². The van der Waals surface area contributed by atoms with Crippen molar-refractivity contribution < 1.29 is 68.1 Å². The number of carbonyl (C=O) groups excluding carboxylic acids is 11. The summed E-state index contributed by atoms with van der Waals surface area (Å²) < 4.78 is 0. The minimum atomic E-state index is -1.79. The van der Waals surface area contributed by atoms with Crippen LogP contribution in [0.1, 0.15) is 138 Å². The van der Waals surface area contributed by atoms with E-state index in [1.165, 1.54) is 13.8 Å². The van der Waals surface area contributed by atoms with E-state index < -0.39 is 157 Å². The lowest BCUT2D eigenvalue weighted by atomic mass is 9.99. The van der Waals surface area contributed by atoms with Crippen molar-refractivity contribution in [3.05, 3.63) is 0 Å². The van der Waals surface area contributed by atoms with E-state index in [4.69, 9.17) is 22.9 Å². The van der Waals surface area contributed by atoms with Gasteiger partial charge in [0.2, 0.25) is 65.0 Å². The van der Waals surface area contributed by atoms with E-state index in [1.54, 1.807) is 27.7 Å². The highest BCUT2D eigenvalue weighted by Crippen LogP contribution is 2.12. The molecular weight excluding hydrogens is 1060 g/mol. The second kappa shape index (κ2) is 39.3. The van der Waals surface area contributed by atoms with Crippen LogP contribution < -0.4 is 81.4 Å². The normalized spacial score (nSPS) is 23.2. The molecule has 1 heterocycles. The van der Waals surface area contributed by atoms with Crippen LogP contribution in [0.4, 0.5) is 0 Å². The molecule has 1 fully saturated rings. The van der Waals surface area contributed by atoms with Crippen molar-refractivity contribution in [1.82, 2.24) is 58.5 Å². The van der Waals surface area contributed by atoms with Crippen LogP contribution in [0.25, 0.3) is 0 Å². The lowest BCUT2D eigenvalue weighted by molar-refractivity contribution is -0.137. The number of amides is 11. The first-order valence-electron chi connectivity index (χ1n) is 28.4. The SMILES string of the molecule is CCCCCCCC(=O)N[C@@H](CCN)C(=O)N[C@H](C(=O)N[C@@H](CCN)C(=O)N[C@H]1CCNC(=O)[C@H]([C@@H](C)O)NC(=O)[C@H](CCN)NC(=O)[C@H](CCCN)NC(=O)[C@H](CC(C)C)NC(=O)[C@@H](CC(C)C)NC(=O)[C@H](CO)NC1=O)[C@@H](C)O. The molecule has 1 rings (SSSR count).